The molecule has 3 aromatic rings. The normalized spacial score (nSPS) is 14.6. The van der Waals surface area contributed by atoms with Crippen LogP contribution in [-0.4, -0.2) is 56.4 Å². The number of nitrogens with one attached hydrogen (secondary N) is 1. The largest absolute Gasteiger partial charge is 0.461 e. The summed E-state index contributed by atoms with van der Waals surface area (Å²) in [5.74, 6) is 1.47. The molecule has 156 valence electrons. The number of carbonyl (C=O) groups is 2. The van der Waals surface area contributed by atoms with Crippen LogP contribution in [0, 0.1) is 0 Å². The summed E-state index contributed by atoms with van der Waals surface area (Å²) in [7, 11) is 0. The van der Waals surface area contributed by atoms with Crippen molar-refractivity contribution in [2.75, 3.05) is 18.8 Å². The van der Waals surface area contributed by atoms with Gasteiger partial charge in [0, 0.05) is 31.7 Å². The molecule has 0 spiro atoms. The van der Waals surface area contributed by atoms with Gasteiger partial charge in [0.25, 0.3) is 0 Å². The average Bonchev–Trinajstić information content (AvgIpc) is 3.43. The maximum Gasteiger partial charge on any atom is 0.230 e. The van der Waals surface area contributed by atoms with E-state index in [0.717, 1.165) is 18.5 Å². The Bertz CT molecular complexity index is 995. The highest BCUT2D eigenvalue weighted by atomic mass is 32.2. The van der Waals surface area contributed by atoms with E-state index in [0.29, 0.717) is 29.8 Å². The van der Waals surface area contributed by atoms with Crippen molar-refractivity contribution in [3.8, 4) is 17.3 Å². The van der Waals surface area contributed by atoms with Gasteiger partial charge in [0.05, 0.1) is 12.0 Å². The number of thioether (sulfide) groups is 1. The molecule has 8 nitrogen and oxygen atoms in total. The van der Waals surface area contributed by atoms with Crippen LogP contribution in [0.3, 0.4) is 0 Å². The van der Waals surface area contributed by atoms with E-state index in [9.17, 15) is 9.59 Å². The lowest BCUT2D eigenvalue weighted by atomic mass is 10.1. The molecular weight excluding hydrogens is 402 g/mol. The minimum Gasteiger partial charge on any atom is -0.461 e. The maximum absolute atomic E-state index is 12.5. The van der Waals surface area contributed by atoms with Crippen LogP contribution in [0.5, 0.6) is 0 Å². The molecule has 1 aliphatic rings. The first-order chi connectivity index (χ1) is 14.6. The maximum atomic E-state index is 12.5. The first kappa shape index (κ1) is 20.2. The van der Waals surface area contributed by atoms with Gasteiger partial charge in [0.2, 0.25) is 17.6 Å². The Morgan fingerprint density at radius 3 is 2.57 bits per heavy atom. The number of rotatable bonds is 6. The third kappa shape index (κ3) is 4.56. The fraction of sp³-hybridized carbons (Fsp3) is 0.333. The van der Waals surface area contributed by atoms with Gasteiger partial charge in [-0.3, -0.25) is 14.2 Å². The van der Waals surface area contributed by atoms with Gasteiger partial charge in [0.1, 0.15) is 0 Å². The molecule has 0 radical (unpaired) electrons. The van der Waals surface area contributed by atoms with Crippen LogP contribution in [0.1, 0.15) is 19.8 Å². The third-order valence-corrected chi connectivity index (χ3v) is 5.96. The summed E-state index contributed by atoms with van der Waals surface area (Å²) in [4.78, 5) is 25.7. The van der Waals surface area contributed by atoms with Crippen LogP contribution in [0.4, 0.5) is 0 Å². The van der Waals surface area contributed by atoms with E-state index in [2.05, 4.69) is 15.5 Å². The number of benzene rings is 1. The summed E-state index contributed by atoms with van der Waals surface area (Å²) in [6, 6.07) is 13.5. The molecule has 3 heterocycles. The minimum atomic E-state index is -0.0524. The summed E-state index contributed by atoms with van der Waals surface area (Å²) < 4.78 is 7.40. The number of nitrogens with zero attached hydrogens (tertiary/aromatic N) is 4. The molecule has 0 bridgehead atoms. The lowest BCUT2D eigenvalue weighted by Gasteiger charge is -2.31. The second-order valence-electron chi connectivity index (χ2n) is 7.09. The Morgan fingerprint density at radius 1 is 1.13 bits per heavy atom. The predicted octanol–water partition coefficient (Wildman–Crippen LogP) is 2.75. The van der Waals surface area contributed by atoms with Crippen molar-refractivity contribution in [1.29, 1.82) is 0 Å². The number of para-hydroxylation sites is 1. The smallest absolute Gasteiger partial charge is 0.230 e. The molecule has 0 saturated carbocycles. The lowest BCUT2D eigenvalue weighted by Crippen LogP contribution is -2.46. The summed E-state index contributed by atoms with van der Waals surface area (Å²) in [5, 5.41) is 12.3. The number of furan rings is 1. The molecule has 1 N–H and O–H groups in total. The van der Waals surface area contributed by atoms with Crippen LogP contribution >= 0.6 is 11.8 Å². The Hall–Kier alpha value is -3.07. The number of hydrogen-bond donors (Lipinski definition) is 1. The van der Waals surface area contributed by atoms with Gasteiger partial charge in [-0.05, 0) is 37.1 Å². The van der Waals surface area contributed by atoms with Gasteiger partial charge < -0.3 is 14.6 Å². The van der Waals surface area contributed by atoms with Crippen LogP contribution < -0.4 is 5.32 Å². The lowest BCUT2D eigenvalue weighted by molar-refractivity contribution is -0.130. The Kier molecular flexibility index (Phi) is 6.18. The molecule has 1 fully saturated rings. The zero-order chi connectivity index (χ0) is 20.9. The number of hydrogen-bond acceptors (Lipinski definition) is 6. The zero-order valence-corrected chi connectivity index (χ0v) is 17.5. The van der Waals surface area contributed by atoms with E-state index in [1.165, 1.54) is 11.8 Å². The van der Waals surface area contributed by atoms with Crippen LogP contribution in [0.25, 0.3) is 17.3 Å². The first-order valence-electron chi connectivity index (χ1n) is 9.84. The molecular formula is C21H23N5O3S. The fourth-order valence-corrected chi connectivity index (χ4v) is 4.24. The molecule has 0 aliphatic carbocycles. The van der Waals surface area contributed by atoms with Crippen LogP contribution in [0.2, 0.25) is 0 Å². The van der Waals surface area contributed by atoms with Gasteiger partial charge >= 0.3 is 0 Å². The summed E-state index contributed by atoms with van der Waals surface area (Å²) >= 11 is 1.33. The molecule has 1 aromatic carbocycles. The van der Waals surface area contributed by atoms with Gasteiger partial charge in [-0.2, -0.15) is 0 Å². The predicted molar refractivity (Wildman–Crippen MR) is 113 cm³/mol. The molecule has 0 atom stereocenters. The van der Waals surface area contributed by atoms with Crippen molar-refractivity contribution in [2.24, 2.45) is 0 Å². The quantitative estimate of drug-likeness (QED) is 0.611. The number of amides is 2. The van der Waals surface area contributed by atoms with E-state index >= 15 is 0 Å². The Morgan fingerprint density at radius 2 is 1.90 bits per heavy atom. The van der Waals surface area contributed by atoms with E-state index in [1.54, 1.807) is 19.3 Å². The Balaban J connectivity index is 1.42. The molecule has 30 heavy (non-hydrogen) atoms. The summed E-state index contributed by atoms with van der Waals surface area (Å²) in [6.45, 7) is 2.94. The SMILES string of the molecule is CC(=O)N1CCC(NC(=O)CSc2nnc(-c3ccco3)n2-c2ccccc2)CC1. The van der Waals surface area contributed by atoms with Crippen molar-refractivity contribution in [1.82, 2.24) is 25.0 Å². The number of carbonyl (C=O) groups excluding carboxylic acids is 2. The van der Waals surface area contributed by atoms with Gasteiger partial charge in [0.15, 0.2) is 10.9 Å². The van der Waals surface area contributed by atoms with Gasteiger partial charge in [-0.25, -0.2) is 0 Å². The molecule has 1 saturated heterocycles. The minimum absolute atomic E-state index is 0.0524. The first-order valence-corrected chi connectivity index (χ1v) is 10.8. The van der Waals surface area contributed by atoms with Gasteiger partial charge in [-0.15, -0.1) is 10.2 Å². The monoisotopic (exact) mass is 425 g/mol. The molecule has 2 amide bonds. The topological polar surface area (TPSA) is 93.3 Å². The van der Waals surface area contributed by atoms with E-state index in [1.807, 2.05) is 45.9 Å². The Labute approximate surface area is 178 Å². The second kappa shape index (κ2) is 9.17. The second-order valence-corrected chi connectivity index (χ2v) is 8.03. The number of piperidine rings is 1. The molecule has 4 rings (SSSR count). The fourth-order valence-electron chi connectivity index (χ4n) is 3.48. The van der Waals surface area contributed by atoms with Crippen molar-refractivity contribution in [3.63, 3.8) is 0 Å². The highest BCUT2D eigenvalue weighted by Gasteiger charge is 2.23. The zero-order valence-electron chi connectivity index (χ0n) is 16.7. The van der Waals surface area contributed by atoms with E-state index in [-0.39, 0.29) is 23.6 Å². The molecule has 1 aliphatic heterocycles. The molecule has 0 unspecified atom stereocenters. The van der Waals surface area contributed by atoms with Crippen LogP contribution in [0.15, 0.2) is 58.3 Å². The standard InChI is InChI=1S/C21H23N5O3S/c1-15(27)25-11-9-16(10-12-25)22-19(28)14-30-21-24-23-20(18-8-5-13-29-18)26(21)17-6-3-2-4-7-17/h2-8,13,16H,9-12,14H2,1H3,(H,22,28). The van der Waals surface area contributed by atoms with E-state index in [4.69, 9.17) is 4.42 Å². The summed E-state index contributed by atoms with van der Waals surface area (Å²) in [6.07, 6.45) is 3.15. The van der Waals surface area contributed by atoms with Gasteiger partial charge in [-0.1, -0.05) is 30.0 Å². The van der Waals surface area contributed by atoms with Crippen molar-refractivity contribution in [3.05, 3.63) is 48.7 Å². The highest BCUT2D eigenvalue weighted by Crippen LogP contribution is 2.28. The van der Waals surface area contributed by atoms with Crippen molar-refractivity contribution in [2.45, 2.75) is 31.0 Å². The average molecular weight is 426 g/mol. The van der Waals surface area contributed by atoms with Crippen LogP contribution in [-0.2, 0) is 9.59 Å². The van der Waals surface area contributed by atoms with Crippen molar-refractivity contribution < 1.29 is 14.0 Å². The highest BCUT2D eigenvalue weighted by molar-refractivity contribution is 7.99. The molecule has 9 heteroatoms. The third-order valence-electron chi connectivity index (χ3n) is 5.03. The van der Waals surface area contributed by atoms with E-state index < -0.39 is 0 Å². The number of likely N-dealkylation sites (tertiary alicyclic amines) is 1. The summed E-state index contributed by atoms with van der Waals surface area (Å²) in [5.41, 5.74) is 0.897. The number of aromatic nitrogens is 3. The van der Waals surface area contributed by atoms with Crippen molar-refractivity contribution >= 4 is 23.6 Å². The molecule has 2 aromatic heterocycles.